The van der Waals surface area contributed by atoms with Crippen molar-refractivity contribution in [2.75, 3.05) is 26.4 Å². The summed E-state index contributed by atoms with van der Waals surface area (Å²) in [6.45, 7) is 3.78. The molecule has 5 nitrogen and oxygen atoms in total. The molecule has 2 aromatic carbocycles. The van der Waals surface area contributed by atoms with E-state index in [0.29, 0.717) is 24.0 Å². The minimum Gasteiger partial charge on any atom is -0.486 e. The number of ether oxygens (including phenoxy) is 3. The minimum absolute atomic E-state index is 0.0236. The number of halogens is 1. The van der Waals surface area contributed by atoms with Gasteiger partial charge in [-0.3, -0.25) is 4.79 Å². The van der Waals surface area contributed by atoms with Crippen molar-refractivity contribution in [3.63, 3.8) is 0 Å². The molecular formula is C21H22ClNO4. The van der Waals surface area contributed by atoms with Crippen LogP contribution in [0.1, 0.15) is 30.0 Å². The Morgan fingerprint density at radius 1 is 1.19 bits per heavy atom. The van der Waals surface area contributed by atoms with E-state index in [1.54, 1.807) is 6.07 Å². The minimum atomic E-state index is -0.0371. The number of likely N-dealkylation sites (tertiary alicyclic amines) is 1. The van der Waals surface area contributed by atoms with E-state index < -0.39 is 0 Å². The van der Waals surface area contributed by atoms with Crippen LogP contribution in [0.5, 0.6) is 17.2 Å². The van der Waals surface area contributed by atoms with E-state index in [2.05, 4.69) is 0 Å². The van der Waals surface area contributed by atoms with Gasteiger partial charge < -0.3 is 19.1 Å². The molecule has 0 aromatic heterocycles. The van der Waals surface area contributed by atoms with E-state index in [-0.39, 0.29) is 18.6 Å². The number of amides is 1. The maximum Gasteiger partial charge on any atom is 0.261 e. The molecule has 27 heavy (non-hydrogen) atoms. The number of aryl methyl sites for hydroxylation is 1. The number of rotatable bonds is 4. The van der Waals surface area contributed by atoms with Gasteiger partial charge in [-0.15, -0.1) is 0 Å². The highest BCUT2D eigenvalue weighted by Crippen LogP contribution is 2.38. The Kier molecular flexibility index (Phi) is 5.12. The second-order valence-corrected chi connectivity index (χ2v) is 7.28. The summed E-state index contributed by atoms with van der Waals surface area (Å²) < 4.78 is 17.0. The molecule has 0 spiro atoms. The van der Waals surface area contributed by atoms with Crippen molar-refractivity contribution in [1.29, 1.82) is 0 Å². The molecular weight excluding hydrogens is 366 g/mol. The van der Waals surface area contributed by atoms with E-state index in [0.717, 1.165) is 42.0 Å². The van der Waals surface area contributed by atoms with Crippen LogP contribution in [0.3, 0.4) is 0 Å². The SMILES string of the molecule is Cc1ccc(Cl)c(OCC(=O)N2CCCC2c2ccc3c(c2)OCCO3)c1. The Bertz CT molecular complexity index is 854. The van der Waals surface area contributed by atoms with E-state index >= 15 is 0 Å². The smallest absolute Gasteiger partial charge is 0.261 e. The molecule has 1 fully saturated rings. The zero-order valence-electron chi connectivity index (χ0n) is 15.2. The predicted octanol–water partition coefficient (Wildman–Crippen LogP) is 4.16. The first-order valence-electron chi connectivity index (χ1n) is 9.20. The molecule has 0 radical (unpaired) electrons. The molecule has 6 heteroatoms. The highest BCUT2D eigenvalue weighted by molar-refractivity contribution is 6.32. The van der Waals surface area contributed by atoms with Crippen LogP contribution in [0, 0.1) is 6.92 Å². The zero-order valence-corrected chi connectivity index (χ0v) is 16.0. The van der Waals surface area contributed by atoms with Crippen molar-refractivity contribution in [3.8, 4) is 17.2 Å². The van der Waals surface area contributed by atoms with Crippen LogP contribution >= 0.6 is 11.6 Å². The molecule has 0 aliphatic carbocycles. The van der Waals surface area contributed by atoms with Crippen molar-refractivity contribution in [2.24, 2.45) is 0 Å². The molecule has 0 bridgehead atoms. The van der Waals surface area contributed by atoms with Gasteiger partial charge in [-0.1, -0.05) is 23.7 Å². The summed E-state index contributed by atoms with van der Waals surface area (Å²) in [5.74, 6) is 2.02. The Balaban J connectivity index is 1.46. The van der Waals surface area contributed by atoms with Crippen LogP contribution in [-0.4, -0.2) is 37.2 Å². The second kappa shape index (κ2) is 7.69. The molecule has 1 atom stereocenters. The van der Waals surface area contributed by atoms with E-state index in [1.807, 2.05) is 42.2 Å². The third-order valence-electron chi connectivity index (χ3n) is 4.96. The van der Waals surface area contributed by atoms with Crippen molar-refractivity contribution < 1.29 is 19.0 Å². The van der Waals surface area contributed by atoms with Crippen LogP contribution in [0.4, 0.5) is 0 Å². The average molecular weight is 388 g/mol. The van der Waals surface area contributed by atoms with Crippen LogP contribution < -0.4 is 14.2 Å². The van der Waals surface area contributed by atoms with Gasteiger partial charge >= 0.3 is 0 Å². The lowest BCUT2D eigenvalue weighted by molar-refractivity contribution is -0.134. The normalized spacial score (nSPS) is 18.4. The number of fused-ring (bicyclic) bond motifs is 1. The quantitative estimate of drug-likeness (QED) is 0.790. The van der Waals surface area contributed by atoms with Gasteiger partial charge in [0, 0.05) is 6.54 Å². The van der Waals surface area contributed by atoms with Gasteiger partial charge in [0.15, 0.2) is 18.1 Å². The average Bonchev–Trinajstić information content (AvgIpc) is 3.18. The molecule has 0 saturated carbocycles. The fraction of sp³-hybridized carbons (Fsp3) is 0.381. The maximum atomic E-state index is 12.8. The summed E-state index contributed by atoms with van der Waals surface area (Å²) in [6.07, 6.45) is 1.90. The molecule has 2 heterocycles. The largest absolute Gasteiger partial charge is 0.486 e. The Hall–Kier alpha value is -2.40. The number of nitrogens with zero attached hydrogens (tertiary/aromatic N) is 1. The molecule has 1 unspecified atom stereocenters. The van der Waals surface area contributed by atoms with Crippen molar-refractivity contribution >= 4 is 17.5 Å². The maximum absolute atomic E-state index is 12.8. The first-order valence-corrected chi connectivity index (χ1v) is 9.57. The summed E-state index contributed by atoms with van der Waals surface area (Å²) in [7, 11) is 0. The highest BCUT2D eigenvalue weighted by Gasteiger charge is 2.31. The number of benzene rings is 2. The van der Waals surface area contributed by atoms with Crippen molar-refractivity contribution in [1.82, 2.24) is 4.90 Å². The summed E-state index contributed by atoms with van der Waals surface area (Å²) in [5, 5.41) is 0.512. The van der Waals surface area contributed by atoms with Crippen LogP contribution in [0.15, 0.2) is 36.4 Å². The summed E-state index contributed by atoms with van der Waals surface area (Å²) >= 11 is 6.16. The van der Waals surface area contributed by atoms with Gasteiger partial charge in [0.05, 0.1) is 11.1 Å². The summed E-state index contributed by atoms with van der Waals surface area (Å²) in [4.78, 5) is 14.7. The molecule has 1 saturated heterocycles. The molecule has 2 aliphatic rings. The summed E-state index contributed by atoms with van der Waals surface area (Å²) in [6, 6.07) is 11.5. The highest BCUT2D eigenvalue weighted by atomic mass is 35.5. The third kappa shape index (κ3) is 3.83. The first kappa shape index (κ1) is 18.0. The summed E-state index contributed by atoms with van der Waals surface area (Å²) in [5.41, 5.74) is 2.11. The first-order chi connectivity index (χ1) is 13.1. The molecule has 0 N–H and O–H groups in total. The molecule has 2 aromatic rings. The monoisotopic (exact) mass is 387 g/mol. The van der Waals surface area contributed by atoms with Gasteiger partial charge in [0.1, 0.15) is 19.0 Å². The standard InChI is InChI=1S/C21H22ClNO4/c1-14-4-6-16(22)19(11-14)27-13-21(24)23-8-2-3-17(23)15-5-7-18-20(12-15)26-10-9-25-18/h4-7,11-12,17H,2-3,8-10,13H2,1H3. The van der Waals surface area contributed by atoms with Crippen molar-refractivity contribution in [3.05, 3.63) is 52.5 Å². The molecule has 142 valence electrons. The number of carbonyl (C=O) groups is 1. The molecule has 4 rings (SSSR count). The lowest BCUT2D eigenvalue weighted by atomic mass is 10.0. The van der Waals surface area contributed by atoms with Gasteiger partial charge in [0.2, 0.25) is 0 Å². The van der Waals surface area contributed by atoms with Gasteiger partial charge in [-0.25, -0.2) is 0 Å². The van der Waals surface area contributed by atoms with Crippen LogP contribution in [0.25, 0.3) is 0 Å². The Morgan fingerprint density at radius 2 is 2.00 bits per heavy atom. The van der Waals surface area contributed by atoms with Gasteiger partial charge in [-0.05, 0) is 55.2 Å². The lowest BCUT2D eigenvalue weighted by Gasteiger charge is -2.27. The predicted molar refractivity (Wildman–Crippen MR) is 103 cm³/mol. The molecule has 1 amide bonds. The fourth-order valence-corrected chi connectivity index (χ4v) is 3.79. The number of hydrogen-bond donors (Lipinski definition) is 0. The van der Waals surface area contributed by atoms with Crippen molar-refractivity contribution in [2.45, 2.75) is 25.8 Å². The number of carbonyl (C=O) groups excluding carboxylic acids is 1. The lowest BCUT2D eigenvalue weighted by Crippen LogP contribution is -2.34. The van der Waals surface area contributed by atoms with Gasteiger partial charge in [0.25, 0.3) is 5.91 Å². The topological polar surface area (TPSA) is 48.0 Å². The van der Waals surface area contributed by atoms with Crippen LogP contribution in [-0.2, 0) is 4.79 Å². The van der Waals surface area contributed by atoms with E-state index in [4.69, 9.17) is 25.8 Å². The fourth-order valence-electron chi connectivity index (χ4n) is 3.62. The Labute approximate surface area is 163 Å². The third-order valence-corrected chi connectivity index (χ3v) is 5.27. The number of hydrogen-bond acceptors (Lipinski definition) is 4. The second-order valence-electron chi connectivity index (χ2n) is 6.87. The van der Waals surface area contributed by atoms with E-state index in [1.165, 1.54) is 0 Å². The van der Waals surface area contributed by atoms with Gasteiger partial charge in [-0.2, -0.15) is 0 Å². The van der Waals surface area contributed by atoms with E-state index in [9.17, 15) is 4.79 Å². The Morgan fingerprint density at radius 3 is 2.85 bits per heavy atom. The zero-order chi connectivity index (χ0) is 18.8. The van der Waals surface area contributed by atoms with Crippen LogP contribution in [0.2, 0.25) is 5.02 Å². The molecule has 2 aliphatic heterocycles.